The third-order valence-corrected chi connectivity index (χ3v) is 6.84. The van der Waals surface area contributed by atoms with Crippen molar-refractivity contribution >= 4 is 16.0 Å². The maximum absolute atomic E-state index is 12.2. The van der Waals surface area contributed by atoms with E-state index in [1.807, 2.05) is 0 Å². The Hall–Kier alpha value is -0.660. The molecule has 7 heteroatoms. The molecule has 0 fully saturated rings. The highest BCUT2D eigenvalue weighted by molar-refractivity contribution is 7.85. The second kappa shape index (κ2) is 20.9. The molecule has 0 bridgehead atoms. The standard InChI is InChI=1S/C25H51NO5S/c1-3-5-7-9-10-11-12-13-14-15-17-19-21-25(28)26-23(22-32(29,30)31)24(27)20-18-16-8-6-4-2/h23-24,27H,3-22H2,1-2H3,(H,26,28)(H,29,30,31). The summed E-state index contributed by atoms with van der Waals surface area (Å²) in [5.74, 6) is -0.899. The molecule has 0 heterocycles. The maximum atomic E-state index is 12.2. The average Bonchev–Trinajstić information content (AvgIpc) is 2.72. The Morgan fingerprint density at radius 2 is 1.12 bits per heavy atom. The van der Waals surface area contributed by atoms with Crippen molar-refractivity contribution in [3.63, 3.8) is 0 Å². The maximum Gasteiger partial charge on any atom is 0.266 e. The lowest BCUT2D eigenvalue weighted by molar-refractivity contribution is -0.122. The van der Waals surface area contributed by atoms with Crippen molar-refractivity contribution in [1.82, 2.24) is 5.32 Å². The third kappa shape index (κ3) is 21.2. The Bertz CT molecular complexity index is 538. The van der Waals surface area contributed by atoms with Gasteiger partial charge in [0.25, 0.3) is 10.1 Å². The van der Waals surface area contributed by atoms with Crippen LogP contribution in [0.4, 0.5) is 0 Å². The van der Waals surface area contributed by atoms with E-state index in [0.717, 1.165) is 51.4 Å². The van der Waals surface area contributed by atoms with Gasteiger partial charge in [-0.2, -0.15) is 8.42 Å². The van der Waals surface area contributed by atoms with Gasteiger partial charge in [-0.3, -0.25) is 9.35 Å². The van der Waals surface area contributed by atoms with Crippen LogP contribution in [0.15, 0.2) is 0 Å². The molecule has 2 atom stereocenters. The number of unbranched alkanes of at least 4 members (excludes halogenated alkanes) is 15. The van der Waals surface area contributed by atoms with Crippen molar-refractivity contribution in [3.8, 4) is 0 Å². The van der Waals surface area contributed by atoms with Crippen molar-refractivity contribution in [2.75, 3.05) is 5.75 Å². The zero-order valence-electron chi connectivity index (χ0n) is 20.8. The summed E-state index contributed by atoms with van der Waals surface area (Å²) in [6.07, 6.45) is 19.5. The van der Waals surface area contributed by atoms with Gasteiger partial charge in [0, 0.05) is 6.42 Å². The molecule has 2 unspecified atom stereocenters. The molecule has 0 radical (unpaired) electrons. The van der Waals surface area contributed by atoms with Crippen LogP contribution < -0.4 is 5.32 Å². The van der Waals surface area contributed by atoms with E-state index >= 15 is 0 Å². The Morgan fingerprint density at radius 1 is 0.719 bits per heavy atom. The van der Waals surface area contributed by atoms with Gasteiger partial charge in [0.15, 0.2) is 0 Å². The van der Waals surface area contributed by atoms with E-state index in [4.69, 9.17) is 0 Å². The normalized spacial score (nSPS) is 13.8. The first-order chi connectivity index (χ1) is 15.3. The van der Waals surface area contributed by atoms with Crippen LogP contribution in [0.5, 0.6) is 0 Å². The summed E-state index contributed by atoms with van der Waals surface area (Å²) in [4.78, 5) is 12.2. The van der Waals surface area contributed by atoms with Gasteiger partial charge in [0.05, 0.1) is 17.9 Å². The summed E-state index contributed by atoms with van der Waals surface area (Å²) >= 11 is 0. The van der Waals surface area contributed by atoms with Crippen molar-refractivity contribution in [3.05, 3.63) is 0 Å². The summed E-state index contributed by atoms with van der Waals surface area (Å²) < 4.78 is 31.8. The fourth-order valence-corrected chi connectivity index (χ4v) is 4.80. The first-order valence-electron chi connectivity index (χ1n) is 13.2. The van der Waals surface area contributed by atoms with Crippen LogP contribution in [0.25, 0.3) is 0 Å². The van der Waals surface area contributed by atoms with E-state index in [-0.39, 0.29) is 5.91 Å². The predicted molar refractivity (Wildman–Crippen MR) is 133 cm³/mol. The molecule has 32 heavy (non-hydrogen) atoms. The molecule has 192 valence electrons. The summed E-state index contributed by atoms with van der Waals surface area (Å²) in [5, 5.41) is 13.0. The molecule has 0 aromatic heterocycles. The van der Waals surface area contributed by atoms with E-state index in [0.29, 0.717) is 12.8 Å². The summed E-state index contributed by atoms with van der Waals surface area (Å²) in [6.45, 7) is 4.37. The number of carbonyl (C=O) groups excluding carboxylic acids is 1. The Balaban J connectivity index is 3.98. The van der Waals surface area contributed by atoms with Crippen LogP contribution in [-0.4, -0.2) is 41.9 Å². The lowest BCUT2D eigenvalue weighted by atomic mass is 10.0. The Morgan fingerprint density at radius 3 is 1.56 bits per heavy atom. The SMILES string of the molecule is CCCCCCCCCCCCCCC(=O)NC(CS(=O)(=O)O)C(O)CCCCCCC. The lowest BCUT2D eigenvalue weighted by Crippen LogP contribution is -2.47. The van der Waals surface area contributed by atoms with Crippen LogP contribution in [0.1, 0.15) is 136 Å². The largest absolute Gasteiger partial charge is 0.391 e. The molecular weight excluding hydrogens is 426 g/mol. The smallest absolute Gasteiger partial charge is 0.266 e. The first kappa shape index (κ1) is 31.3. The molecule has 0 rings (SSSR count). The molecule has 0 spiro atoms. The molecule has 0 aliphatic carbocycles. The zero-order valence-corrected chi connectivity index (χ0v) is 21.6. The van der Waals surface area contributed by atoms with Crippen molar-refractivity contribution in [2.24, 2.45) is 0 Å². The van der Waals surface area contributed by atoms with Crippen molar-refractivity contribution in [2.45, 2.75) is 148 Å². The number of carbonyl (C=O) groups is 1. The van der Waals surface area contributed by atoms with E-state index < -0.39 is 28.0 Å². The Labute approximate surface area is 198 Å². The molecule has 0 aromatic carbocycles. The quantitative estimate of drug-likeness (QED) is 0.121. The van der Waals surface area contributed by atoms with Gasteiger partial charge in [-0.05, 0) is 12.8 Å². The topological polar surface area (TPSA) is 104 Å². The fraction of sp³-hybridized carbons (Fsp3) is 0.960. The first-order valence-corrected chi connectivity index (χ1v) is 14.8. The molecule has 0 saturated heterocycles. The highest BCUT2D eigenvalue weighted by Gasteiger charge is 2.25. The highest BCUT2D eigenvalue weighted by Crippen LogP contribution is 2.14. The van der Waals surface area contributed by atoms with Crippen LogP contribution in [-0.2, 0) is 14.9 Å². The molecule has 0 aliphatic heterocycles. The van der Waals surface area contributed by atoms with Crippen LogP contribution >= 0.6 is 0 Å². The number of aliphatic hydroxyl groups excluding tert-OH is 1. The minimum Gasteiger partial charge on any atom is -0.391 e. The van der Waals surface area contributed by atoms with Gasteiger partial charge >= 0.3 is 0 Å². The Kier molecular flexibility index (Phi) is 20.5. The van der Waals surface area contributed by atoms with Gasteiger partial charge in [-0.25, -0.2) is 0 Å². The number of hydrogen-bond acceptors (Lipinski definition) is 4. The fourth-order valence-electron chi connectivity index (χ4n) is 4.04. The number of hydrogen-bond donors (Lipinski definition) is 3. The zero-order chi connectivity index (χ0) is 24.1. The van der Waals surface area contributed by atoms with E-state index in [1.165, 1.54) is 57.8 Å². The minimum atomic E-state index is -4.28. The summed E-state index contributed by atoms with van der Waals surface area (Å²) in [6, 6.07) is -0.957. The van der Waals surface area contributed by atoms with Crippen molar-refractivity contribution in [1.29, 1.82) is 0 Å². The van der Waals surface area contributed by atoms with Crippen LogP contribution in [0, 0.1) is 0 Å². The molecule has 0 aliphatic rings. The number of amides is 1. The number of nitrogens with one attached hydrogen (secondary N) is 1. The minimum absolute atomic E-state index is 0.254. The van der Waals surface area contributed by atoms with Crippen LogP contribution in [0.2, 0.25) is 0 Å². The molecule has 1 amide bonds. The molecular formula is C25H51NO5S. The number of rotatable bonds is 23. The molecule has 3 N–H and O–H groups in total. The molecule has 0 aromatic rings. The third-order valence-electron chi connectivity index (χ3n) is 6.06. The van der Waals surface area contributed by atoms with Gasteiger partial charge in [0.2, 0.25) is 5.91 Å². The van der Waals surface area contributed by atoms with Crippen LogP contribution in [0.3, 0.4) is 0 Å². The van der Waals surface area contributed by atoms with Gasteiger partial charge in [-0.1, -0.05) is 117 Å². The second-order valence-electron chi connectivity index (χ2n) is 9.33. The predicted octanol–water partition coefficient (Wildman–Crippen LogP) is 6.17. The van der Waals surface area contributed by atoms with Gasteiger partial charge < -0.3 is 10.4 Å². The second-order valence-corrected chi connectivity index (χ2v) is 10.8. The van der Waals surface area contributed by atoms with Crippen molar-refractivity contribution < 1.29 is 22.9 Å². The van der Waals surface area contributed by atoms with E-state index in [2.05, 4.69) is 19.2 Å². The van der Waals surface area contributed by atoms with E-state index in [1.54, 1.807) is 0 Å². The van der Waals surface area contributed by atoms with Gasteiger partial charge in [-0.15, -0.1) is 0 Å². The average molecular weight is 478 g/mol. The molecule has 6 nitrogen and oxygen atoms in total. The number of aliphatic hydroxyl groups is 1. The highest BCUT2D eigenvalue weighted by atomic mass is 32.2. The summed E-state index contributed by atoms with van der Waals surface area (Å²) in [5.41, 5.74) is 0. The monoisotopic (exact) mass is 477 g/mol. The summed E-state index contributed by atoms with van der Waals surface area (Å²) in [7, 11) is -4.28. The molecule has 0 saturated carbocycles. The lowest BCUT2D eigenvalue weighted by Gasteiger charge is -2.23. The van der Waals surface area contributed by atoms with E-state index in [9.17, 15) is 22.9 Å². The van der Waals surface area contributed by atoms with Gasteiger partial charge in [0.1, 0.15) is 0 Å².